The number of ketones is 2. The van der Waals surface area contributed by atoms with Gasteiger partial charge in [0.05, 0.1) is 7.11 Å². The minimum atomic E-state index is -0.410. The second-order valence-corrected chi connectivity index (χ2v) is 12.9. The first-order chi connectivity index (χ1) is 17.5. The molecule has 0 spiro atoms. The molecule has 37 heavy (non-hydrogen) atoms. The van der Waals surface area contributed by atoms with E-state index in [1.165, 1.54) is 32.8 Å². The highest BCUT2D eigenvalue weighted by Crippen LogP contribution is 2.54. The minimum absolute atomic E-state index is 0.0578. The van der Waals surface area contributed by atoms with Gasteiger partial charge in [-0.3, -0.25) is 9.59 Å². The second kappa shape index (κ2) is 10.7. The van der Waals surface area contributed by atoms with Crippen molar-refractivity contribution in [3.8, 4) is 11.5 Å². The highest BCUT2D eigenvalue weighted by Gasteiger charge is 2.48. The third kappa shape index (κ3) is 5.66. The van der Waals surface area contributed by atoms with E-state index >= 15 is 0 Å². The van der Waals surface area contributed by atoms with Gasteiger partial charge in [-0.2, -0.15) is 0 Å². The Balaban J connectivity index is 1.84. The van der Waals surface area contributed by atoms with Crippen LogP contribution in [-0.4, -0.2) is 35.2 Å². The summed E-state index contributed by atoms with van der Waals surface area (Å²) in [5, 5.41) is 10.3. The van der Waals surface area contributed by atoms with Crippen molar-refractivity contribution >= 4 is 11.6 Å². The Labute approximate surface area is 223 Å². The molecule has 202 valence electrons. The molecule has 1 heterocycles. The molecule has 0 saturated heterocycles. The molecule has 0 bridgehead atoms. The summed E-state index contributed by atoms with van der Waals surface area (Å²) < 4.78 is 5.42. The van der Waals surface area contributed by atoms with Gasteiger partial charge in [0.15, 0.2) is 23.1 Å². The first-order valence-electron chi connectivity index (χ1n) is 14.1. The number of benzene rings is 1. The van der Waals surface area contributed by atoms with Crippen LogP contribution in [0.25, 0.3) is 0 Å². The predicted octanol–water partition coefficient (Wildman–Crippen LogP) is 7.45. The fourth-order valence-electron chi connectivity index (χ4n) is 6.58. The summed E-state index contributed by atoms with van der Waals surface area (Å²) in [7, 11) is 1.53. The zero-order valence-electron chi connectivity index (χ0n) is 23.7. The van der Waals surface area contributed by atoms with Gasteiger partial charge in [0.25, 0.3) is 0 Å². The van der Waals surface area contributed by atoms with Crippen molar-refractivity contribution in [3.63, 3.8) is 0 Å². The van der Waals surface area contributed by atoms with Crippen molar-refractivity contribution < 1.29 is 19.4 Å². The Morgan fingerprint density at radius 3 is 1.95 bits per heavy atom. The van der Waals surface area contributed by atoms with E-state index in [0.717, 1.165) is 60.3 Å². The molecule has 0 atom stereocenters. The Morgan fingerprint density at radius 2 is 1.41 bits per heavy atom. The summed E-state index contributed by atoms with van der Waals surface area (Å²) in [6.07, 6.45) is 9.81. The number of carbonyl (C=O) groups excluding carboxylic acids is 2. The zero-order chi connectivity index (χ0) is 27.0. The molecule has 0 amide bonds. The molecule has 0 fully saturated rings. The second-order valence-electron chi connectivity index (χ2n) is 12.9. The first kappa shape index (κ1) is 27.5. The van der Waals surface area contributed by atoms with Crippen LogP contribution < -0.4 is 4.74 Å². The maximum atomic E-state index is 13.9. The molecule has 0 aromatic heterocycles. The van der Waals surface area contributed by atoms with E-state index in [4.69, 9.17) is 4.74 Å². The molecule has 3 aliphatic rings. The molecule has 1 aliphatic heterocycles. The van der Waals surface area contributed by atoms with Gasteiger partial charge in [-0.1, -0.05) is 72.8 Å². The molecule has 2 aliphatic carbocycles. The quantitative estimate of drug-likeness (QED) is 0.352. The molecule has 0 radical (unpaired) electrons. The number of aromatic hydroxyl groups is 1. The largest absolute Gasteiger partial charge is 0.504 e. The van der Waals surface area contributed by atoms with Crippen LogP contribution in [0.15, 0.2) is 40.7 Å². The molecular weight excluding hydrogens is 462 g/mol. The van der Waals surface area contributed by atoms with Crippen molar-refractivity contribution in [1.82, 2.24) is 4.90 Å². The average Bonchev–Trinajstić information content (AvgIpc) is 2.80. The van der Waals surface area contributed by atoms with Crippen molar-refractivity contribution in [2.24, 2.45) is 10.8 Å². The highest BCUT2D eigenvalue weighted by atomic mass is 16.5. The summed E-state index contributed by atoms with van der Waals surface area (Å²) in [5.41, 5.74) is 4.37. The average molecular weight is 508 g/mol. The van der Waals surface area contributed by atoms with Crippen molar-refractivity contribution in [3.05, 3.63) is 46.3 Å². The van der Waals surface area contributed by atoms with Crippen LogP contribution in [0, 0.1) is 10.8 Å². The molecular formula is C32H45NO4. The summed E-state index contributed by atoms with van der Waals surface area (Å²) in [6.45, 7) is 11.8. The number of hydrogen-bond donors (Lipinski definition) is 1. The number of carbonyl (C=O) groups is 2. The van der Waals surface area contributed by atoms with E-state index in [-0.39, 0.29) is 28.1 Å². The number of Topliss-reactive ketones (excluding diaryl/α,β-unsaturated/α-hetero) is 2. The predicted molar refractivity (Wildman–Crippen MR) is 148 cm³/mol. The van der Waals surface area contributed by atoms with Gasteiger partial charge in [-0.15, -0.1) is 0 Å². The molecule has 1 N–H and O–H groups in total. The van der Waals surface area contributed by atoms with Crippen LogP contribution in [0.5, 0.6) is 11.5 Å². The van der Waals surface area contributed by atoms with Gasteiger partial charge >= 0.3 is 0 Å². The Hall–Kier alpha value is -2.56. The fraction of sp³-hybridized carbons (Fsp3) is 0.625. The number of phenols is 1. The monoisotopic (exact) mass is 507 g/mol. The van der Waals surface area contributed by atoms with Crippen LogP contribution in [0.4, 0.5) is 0 Å². The van der Waals surface area contributed by atoms with Gasteiger partial charge in [0.2, 0.25) is 0 Å². The first-order valence-corrected chi connectivity index (χ1v) is 14.1. The standard InChI is InChI=1S/C32H45NO4/c1-7-8-9-10-11-12-15-33-22-17-31(2,3)19-25(35)29(22)28(21-13-14-24(34)27(16-21)37-6)30-23(33)18-32(4,5)20-26(30)36/h13-14,16,28,34H,7-12,15,17-20H2,1-6H3. The number of nitrogens with zero attached hydrogens (tertiary/aromatic N) is 1. The van der Waals surface area contributed by atoms with Gasteiger partial charge in [-0.25, -0.2) is 0 Å². The van der Waals surface area contributed by atoms with E-state index in [9.17, 15) is 14.7 Å². The van der Waals surface area contributed by atoms with E-state index in [0.29, 0.717) is 18.6 Å². The Bertz CT molecular complexity index is 1070. The lowest BCUT2D eigenvalue weighted by atomic mass is 9.63. The van der Waals surface area contributed by atoms with Crippen molar-refractivity contribution in [2.75, 3.05) is 13.7 Å². The van der Waals surface area contributed by atoms with E-state index in [1.54, 1.807) is 12.1 Å². The Kier molecular flexibility index (Phi) is 7.92. The van der Waals surface area contributed by atoms with Crippen LogP contribution in [0.3, 0.4) is 0 Å². The molecule has 5 nitrogen and oxygen atoms in total. The minimum Gasteiger partial charge on any atom is -0.504 e. The molecule has 0 unspecified atom stereocenters. The number of allylic oxidation sites excluding steroid dienone is 4. The van der Waals surface area contributed by atoms with Crippen LogP contribution in [0.1, 0.15) is 110 Å². The lowest BCUT2D eigenvalue weighted by Gasteiger charge is -2.49. The van der Waals surface area contributed by atoms with Crippen LogP contribution in [-0.2, 0) is 9.59 Å². The third-order valence-corrected chi connectivity index (χ3v) is 8.29. The smallest absolute Gasteiger partial charge is 0.162 e. The lowest BCUT2D eigenvalue weighted by molar-refractivity contribution is -0.119. The van der Waals surface area contributed by atoms with Crippen LogP contribution in [0.2, 0.25) is 0 Å². The number of rotatable bonds is 9. The van der Waals surface area contributed by atoms with Gasteiger partial charge in [0, 0.05) is 47.8 Å². The number of hydrogen-bond acceptors (Lipinski definition) is 5. The SMILES string of the molecule is CCCCCCCCN1C2=C(C(=O)CC(C)(C)C2)C(c2ccc(O)c(OC)c2)C2=C1CC(C)(C)CC2=O. The van der Waals surface area contributed by atoms with Gasteiger partial charge in [-0.05, 0) is 47.8 Å². The highest BCUT2D eigenvalue weighted by molar-refractivity contribution is 6.06. The lowest BCUT2D eigenvalue weighted by Crippen LogP contribution is -2.44. The number of unbranched alkanes of at least 4 members (excludes halogenated alkanes) is 5. The summed E-state index contributed by atoms with van der Waals surface area (Å²) in [4.78, 5) is 30.1. The Morgan fingerprint density at radius 1 is 0.865 bits per heavy atom. The third-order valence-electron chi connectivity index (χ3n) is 8.29. The molecule has 1 aromatic carbocycles. The maximum Gasteiger partial charge on any atom is 0.162 e. The number of ether oxygens (including phenoxy) is 1. The summed E-state index contributed by atoms with van der Waals surface area (Å²) >= 11 is 0. The fourth-order valence-corrected chi connectivity index (χ4v) is 6.58. The van der Waals surface area contributed by atoms with Crippen LogP contribution >= 0.6 is 0 Å². The molecule has 0 saturated carbocycles. The molecule has 4 rings (SSSR count). The number of methoxy groups -OCH3 is 1. The van der Waals surface area contributed by atoms with E-state index < -0.39 is 5.92 Å². The molecule has 5 heteroatoms. The van der Waals surface area contributed by atoms with Gasteiger partial charge < -0.3 is 14.7 Å². The maximum absolute atomic E-state index is 13.9. The van der Waals surface area contributed by atoms with Gasteiger partial charge in [0.1, 0.15) is 0 Å². The van der Waals surface area contributed by atoms with Crippen molar-refractivity contribution in [2.45, 2.75) is 105 Å². The normalized spacial score (nSPS) is 21.3. The van der Waals surface area contributed by atoms with E-state index in [2.05, 4.69) is 39.5 Å². The number of phenolic OH excluding ortho intramolecular Hbond substituents is 1. The van der Waals surface area contributed by atoms with Crippen molar-refractivity contribution in [1.29, 1.82) is 0 Å². The summed E-state index contributed by atoms with van der Waals surface area (Å²) in [6, 6.07) is 5.27. The van der Waals surface area contributed by atoms with E-state index in [1.807, 2.05) is 6.07 Å². The zero-order valence-corrected chi connectivity index (χ0v) is 23.7. The topological polar surface area (TPSA) is 66.8 Å². The molecule has 1 aromatic rings. The summed E-state index contributed by atoms with van der Waals surface area (Å²) in [5.74, 6) is 0.291.